The van der Waals surface area contributed by atoms with Crippen LogP contribution in [0.25, 0.3) is 0 Å². The molecular formula is C12H11ClN2S. The van der Waals surface area contributed by atoms with Crippen LogP contribution in [-0.4, -0.2) is 9.97 Å². The Kier molecular flexibility index (Phi) is 3.46. The Balaban J connectivity index is 2.34. The van der Waals surface area contributed by atoms with Gasteiger partial charge in [0.1, 0.15) is 5.03 Å². The minimum absolute atomic E-state index is 0.293. The molecule has 0 radical (unpaired) electrons. The van der Waals surface area contributed by atoms with E-state index in [9.17, 15) is 0 Å². The largest absolute Gasteiger partial charge is 0.226 e. The molecule has 0 amide bonds. The smallest absolute Gasteiger partial charge is 0.223 e. The van der Waals surface area contributed by atoms with E-state index in [0.29, 0.717) is 5.28 Å². The van der Waals surface area contributed by atoms with E-state index < -0.39 is 0 Å². The Labute approximate surface area is 104 Å². The molecule has 0 aliphatic carbocycles. The Morgan fingerprint density at radius 1 is 1.12 bits per heavy atom. The lowest BCUT2D eigenvalue weighted by Gasteiger charge is -2.06. The first-order valence-corrected chi connectivity index (χ1v) is 6.09. The molecule has 0 bridgehead atoms. The normalized spacial score (nSPS) is 10.4. The van der Waals surface area contributed by atoms with Gasteiger partial charge >= 0.3 is 0 Å². The van der Waals surface area contributed by atoms with Gasteiger partial charge in [-0.2, -0.15) is 0 Å². The second kappa shape index (κ2) is 4.85. The van der Waals surface area contributed by atoms with Crippen molar-refractivity contribution in [3.63, 3.8) is 0 Å². The number of hydrogen-bond donors (Lipinski definition) is 0. The summed E-state index contributed by atoms with van der Waals surface area (Å²) in [5.74, 6) is 0. The number of aromatic nitrogens is 2. The average Bonchev–Trinajstić information content (AvgIpc) is 2.27. The van der Waals surface area contributed by atoms with Crippen molar-refractivity contribution in [2.75, 3.05) is 0 Å². The number of rotatable bonds is 2. The van der Waals surface area contributed by atoms with Crippen LogP contribution in [0.15, 0.2) is 40.4 Å². The molecule has 0 atom stereocenters. The van der Waals surface area contributed by atoms with Crippen LogP contribution < -0.4 is 0 Å². The van der Waals surface area contributed by atoms with E-state index in [1.807, 2.05) is 19.1 Å². The maximum absolute atomic E-state index is 5.79. The molecule has 0 saturated carbocycles. The van der Waals surface area contributed by atoms with Gasteiger partial charge in [0.25, 0.3) is 0 Å². The highest BCUT2D eigenvalue weighted by molar-refractivity contribution is 7.99. The fraction of sp³-hybridized carbons (Fsp3) is 0.167. The first kappa shape index (κ1) is 11.4. The molecule has 1 aromatic heterocycles. The highest BCUT2D eigenvalue weighted by Crippen LogP contribution is 2.30. The van der Waals surface area contributed by atoms with E-state index in [2.05, 4.69) is 29.0 Å². The Morgan fingerprint density at radius 3 is 2.62 bits per heavy atom. The summed E-state index contributed by atoms with van der Waals surface area (Å²) in [6, 6.07) is 8.21. The third kappa shape index (κ3) is 2.54. The molecule has 0 aliphatic rings. The summed E-state index contributed by atoms with van der Waals surface area (Å²) in [7, 11) is 0. The summed E-state index contributed by atoms with van der Waals surface area (Å²) >= 11 is 7.41. The second-order valence-corrected chi connectivity index (χ2v) is 4.86. The van der Waals surface area contributed by atoms with Gasteiger partial charge in [-0.1, -0.05) is 30.0 Å². The van der Waals surface area contributed by atoms with Crippen molar-refractivity contribution in [2.24, 2.45) is 0 Å². The van der Waals surface area contributed by atoms with E-state index in [-0.39, 0.29) is 0 Å². The van der Waals surface area contributed by atoms with Crippen molar-refractivity contribution in [3.05, 3.63) is 46.9 Å². The Morgan fingerprint density at radius 2 is 1.88 bits per heavy atom. The zero-order valence-corrected chi connectivity index (χ0v) is 10.6. The molecule has 2 nitrogen and oxygen atoms in total. The van der Waals surface area contributed by atoms with Crippen LogP contribution in [0.4, 0.5) is 0 Å². The van der Waals surface area contributed by atoms with Gasteiger partial charge in [-0.15, -0.1) is 0 Å². The van der Waals surface area contributed by atoms with Crippen molar-refractivity contribution >= 4 is 23.4 Å². The monoisotopic (exact) mass is 250 g/mol. The number of benzene rings is 1. The van der Waals surface area contributed by atoms with Crippen molar-refractivity contribution in [1.29, 1.82) is 0 Å². The van der Waals surface area contributed by atoms with Crippen LogP contribution in [0, 0.1) is 13.8 Å². The van der Waals surface area contributed by atoms with Gasteiger partial charge < -0.3 is 0 Å². The van der Waals surface area contributed by atoms with Crippen LogP contribution >= 0.6 is 23.4 Å². The van der Waals surface area contributed by atoms with Gasteiger partial charge in [0.05, 0.1) is 0 Å². The zero-order valence-electron chi connectivity index (χ0n) is 9.07. The third-order valence-electron chi connectivity index (χ3n) is 2.20. The number of nitrogens with zero attached hydrogens (tertiary/aromatic N) is 2. The standard InChI is InChI=1S/C12H11ClN2S/c1-8-5-3-4-6-10(8)16-11-9(2)7-14-12(13)15-11/h3-7H,1-2H3. The molecule has 0 fully saturated rings. The Bertz CT molecular complexity index is 514. The first-order chi connectivity index (χ1) is 7.66. The predicted molar refractivity (Wildman–Crippen MR) is 67.1 cm³/mol. The molecule has 1 heterocycles. The van der Waals surface area contributed by atoms with Gasteiger partial charge in [-0.25, -0.2) is 9.97 Å². The highest BCUT2D eigenvalue weighted by atomic mass is 35.5. The molecule has 0 spiro atoms. The highest BCUT2D eigenvalue weighted by Gasteiger charge is 2.06. The molecular weight excluding hydrogens is 240 g/mol. The van der Waals surface area contributed by atoms with Crippen molar-refractivity contribution in [2.45, 2.75) is 23.8 Å². The van der Waals surface area contributed by atoms with E-state index >= 15 is 0 Å². The fourth-order valence-corrected chi connectivity index (χ4v) is 2.40. The SMILES string of the molecule is Cc1ccccc1Sc1nc(Cl)ncc1C. The third-order valence-corrected chi connectivity index (χ3v) is 3.66. The molecule has 0 N–H and O–H groups in total. The van der Waals surface area contributed by atoms with Crippen LogP contribution in [0.3, 0.4) is 0 Å². The molecule has 0 unspecified atom stereocenters. The molecule has 82 valence electrons. The summed E-state index contributed by atoms with van der Waals surface area (Å²) in [5, 5.41) is 1.20. The molecule has 1 aromatic carbocycles. The van der Waals surface area contributed by atoms with E-state index in [0.717, 1.165) is 10.6 Å². The topological polar surface area (TPSA) is 25.8 Å². The maximum Gasteiger partial charge on any atom is 0.223 e. The van der Waals surface area contributed by atoms with Gasteiger partial charge in [0.15, 0.2) is 0 Å². The molecule has 4 heteroatoms. The first-order valence-electron chi connectivity index (χ1n) is 4.89. The molecule has 0 saturated heterocycles. The average molecular weight is 251 g/mol. The lowest BCUT2D eigenvalue weighted by atomic mass is 10.2. The summed E-state index contributed by atoms with van der Waals surface area (Å²) in [6.45, 7) is 4.07. The van der Waals surface area contributed by atoms with Crippen LogP contribution in [0.2, 0.25) is 5.28 Å². The molecule has 2 aromatic rings. The van der Waals surface area contributed by atoms with Crippen LogP contribution in [-0.2, 0) is 0 Å². The molecule has 0 aliphatic heterocycles. The quantitative estimate of drug-likeness (QED) is 0.597. The maximum atomic E-state index is 5.79. The lowest BCUT2D eigenvalue weighted by molar-refractivity contribution is 1.00. The van der Waals surface area contributed by atoms with Crippen molar-refractivity contribution < 1.29 is 0 Å². The summed E-state index contributed by atoms with van der Waals surface area (Å²) in [4.78, 5) is 9.37. The van der Waals surface area contributed by atoms with Crippen molar-refractivity contribution in [1.82, 2.24) is 9.97 Å². The van der Waals surface area contributed by atoms with Crippen molar-refractivity contribution in [3.8, 4) is 0 Å². The van der Waals surface area contributed by atoms with Gasteiger partial charge in [-0.3, -0.25) is 0 Å². The van der Waals surface area contributed by atoms with E-state index in [1.54, 1.807) is 18.0 Å². The van der Waals surface area contributed by atoms with Gasteiger partial charge in [-0.05, 0) is 37.1 Å². The lowest BCUT2D eigenvalue weighted by Crippen LogP contribution is -1.90. The van der Waals surface area contributed by atoms with Crippen LogP contribution in [0.5, 0.6) is 0 Å². The van der Waals surface area contributed by atoms with Crippen LogP contribution in [0.1, 0.15) is 11.1 Å². The van der Waals surface area contributed by atoms with E-state index in [1.165, 1.54) is 10.5 Å². The minimum Gasteiger partial charge on any atom is -0.226 e. The van der Waals surface area contributed by atoms with Gasteiger partial charge in [0.2, 0.25) is 5.28 Å². The molecule has 2 rings (SSSR count). The summed E-state index contributed by atoms with van der Waals surface area (Å²) < 4.78 is 0. The summed E-state index contributed by atoms with van der Waals surface area (Å²) in [5.41, 5.74) is 2.28. The van der Waals surface area contributed by atoms with E-state index in [4.69, 9.17) is 11.6 Å². The summed E-state index contributed by atoms with van der Waals surface area (Å²) in [6.07, 6.45) is 1.75. The number of hydrogen-bond acceptors (Lipinski definition) is 3. The second-order valence-electron chi connectivity index (χ2n) is 3.49. The number of aryl methyl sites for hydroxylation is 2. The Hall–Kier alpha value is -1.06. The van der Waals surface area contributed by atoms with Gasteiger partial charge in [0, 0.05) is 16.7 Å². The predicted octanol–water partition coefficient (Wildman–Crippen LogP) is 3.90. The fourth-order valence-electron chi connectivity index (χ4n) is 1.28. The number of halogens is 1. The minimum atomic E-state index is 0.293. The molecule has 16 heavy (non-hydrogen) atoms. The zero-order chi connectivity index (χ0) is 11.5.